The molecule has 0 N–H and O–H groups in total. The number of piperidine rings is 1. The lowest BCUT2D eigenvalue weighted by molar-refractivity contribution is -0.133. The lowest BCUT2D eigenvalue weighted by Crippen LogP contribution is -2.41. The summed E-state index contributed by atoms with van der Waals surface area (Å²) in [5.74, 6) is 0.332. The fourth-order valence-electron chi connectivity index (χ4n) is 1.51. The molecule has 1 atom stereocenters. The Kier molecular flexibility index (Phi) is 7.14. The Labute approximate surface area is 86.1 Å². The van der Waals surface area contributed by atoms with E-state index in [1.807, 2.05) is 25.7 Å². The maximum Gasteiger partial charge on any atom is 0.223 e. The number of nitrogens with zero attached hydrogens (tertiary/aromatic N) is 1. The molecule has 0 radical (unpaired) electrons. The molecular weight excluding hydrogens is 182 g/mol. The van der Waals surface area contributed by atoms with E-state index in [0.29, 0.717) is 11.3 Å². The van der Waals surface area contributed by atoms with Gasteiger partial charge in [-0.1, -0.05) is 13.8 Å². The fraction of sp³-hybridized carbons (Fsp3) is 0.900. The molecule has 1 fully saturated rings. The molecule has 0 spiro atoms. The van der Waals surface area contributed by atoms with Gasteiger partial charge in [0.25, 0.3) is 0 Å². The lowest BCUT2D eigenvalue weighted by Gasteiger charge is -2.33. The van der Waals surface area contributed by atoms with Crippen molar-refractivity contribution < 1.29 is 4.79 Å². The molecule has 1 aliphatic heterocycles. The van der Waals surface area contributed by atoms with E-state index in [4.69, 9.17) is 0 Å². The molecule has 3 heteroatoms. The van der Waals surface area contributed by atoms with E-state index in [2.05, 4.69) is 6.26 Å². The van der Waals surface area contributed by atoms with Gasteiger partial charge in [-0.2, -0.15) is 0 Å². The summed E-state index contributed by atoms with van der Waals surface area (Å²) in [5, 5.41) is 0.446. The molecule has 1 rings (SSSR count). The van der Waals surface area contributed by atoms with Crippen LogP contribution in [0.25, 0.3) is 0 Å². The fourth-order valence-corrected chi connectivity index (χ4v) is 2.44. The van der Waals surface area contributed by atoms with E-state index in [9.17, 15) is 4.79 Å². The second kappa shape index (κ2) is 7.25. The highest BCUT2D eigenvalue weighted by molar-refractivity contribution is 7.99. The van der Waals surface area contributed by atoms with Crippen LogP contribution in [0.3, 0.4) is 0 Å². The third-order valence-corrected chi connectivity index (χ3v) is 3.16. The third-order valence-electron chi connectivity index (χ3n) is 2.12. The summed E-state index contributed by atoms with van der Waals surface area (Å²) in [6, 6.07) is 0. The lowest BCUT2D eigenvalue weighted by atomic mass is 10.1. The van der Waals surface area contributed by atoms with Crippen molar-refractivity contribution in [2.45, 2.75) is 45.4 Å². The summed E-state index contributed by atoms with van der Waals surface area (Å²) in [5.41, 5.74) is 0. The maximum atomic E-state index is 11.3. The predicted molar refractivity (Wildman–Crippen MR) is 59.9 cm³/mol. The van der Waals surface area contributed by atoms with Crippen LogP contribution in [0.4, 0.5) is 0 Å². The van der Waals surface area contributed by atoms with Crippen molar-refractivity contribution in [3.63, 3.8) is 0 Å². The van der Waals surface area contributed by atoms with E-state index < -0.39 is 0 Å². The number of carbonyl (C=O) groups excluding carboxylic acids is 1. The molecule has 0 saturated carbocycles. The van der Waals surface area contributed by atoms with Gasteiger partial charge in [0.2, 0.25) is 5.91 Å². The van der Waals surface area contributed by atoms with Crippen molar-refractivity contribution in [2.24, 2.45) is 0 Å². The zero-order valence-corrected chi connectivity index (χ0v) is 9.99. The van der Waals surface area contributed by atoms with Crippen LogP contribution in [-0.2, 0) is 4.79 Å². The number of amides is 1. The zero-order valence-electron chi connectivity index (χ0n) is 9.17. The topological polar surface area (TPSA) is 20.3 Å². The van der Waals surface area contributed by atoms with E-state index in [1.54, 1.807) is 11.8 Å². The molecule has 0 aliphatic carbocycles. The van der Waals surface area contributed by atoms with E-state index in [0.717, 1.165) is 19.4 Å². The number of hydrogen-bond acceptors (Lipinski definition) is 2. The minimum Gasteiger partial charge on any atom is -0.331 e. The van der Waals surface area contributed by atoms with Crippen LogP contribution in [0.2, 0.25) is 0 Å². The van der Waals surface area contributed by atoms with Crippen LogP contribution < -0.4 is 0 Å². The van der Waals surface area contributed by atoms with E-state index >= 15 is 0 Å². The largest absolute Gasteiger partial charge is 0.331 e. The van der Waals surface area contributed by atoms with Gasteiger partial charge < -0.3 is 4.90 Å². The van der Waals surface area contributed by atoms with Crippen LogP contribution >= 0.6 is 11.8 Å². The first-order chi connectivity index (χ1) is 6.29. The van der Waals surface area contributed by atoms with Gasteiger partial charge in [0.15, 0.2) is 0 Å². The highest BCUT2D eigenvalue weighted by atomic mass is 32.2. The summed E-state index contributed by atoms with van der Waals surface area (Å²) in [4.78, 5) is 13.3. The van der Waals surface area contributed by atoms with E-state index in [-0.39, 0.29) is 0 Å². The van der Waals surface area contributed by atoms with Crippen LogP contribution in [0.1, 0.15) is 40.0 Å². The molecule has 1 unspecified atom stereocenters. The first kappa shape index (κ1) is 12.8. The van der Waals surface area contributed by atoms with Crippen molar-refractivity contribution in [3.05, 3.63) is 0 Å². The van der Waals surface area contributed by atoms with Crippen LogP contribution in [0.5, 0.6) is 0 Å². The van der Waals surface area contributed by atoms with Gasteiger partial charge in [0.05, 0.1) is 5.37 Å². The zero-order chi connectivity index (χ0) is 10.3. The number of thioether (sulfide) groups is 1. The second-order valence-corrected chi connectivity index (χ2v) is 3.78. The van der Waals surface area contributed by atoms with Crippen LogP contribution in [0.15, 0.2) is 0 Å². The molecular formula is C10H21NOS. The molecule has 1 aliphatic rings. The Hall–Kier alpha value is -0.180. The summed E-state index contributed by atoms with van der Waals surface area (Å²) in [7, 11) is 0. The third kappa shape index (κ3) is 3.59. The number of carbonyl (C=O) groups is 1. The first-order valence-corrected chi connectivity index (χ1v) is 6.40. The van der Waals surface area contributed by atoms with Crippen molar-refractivity contribution in [3.8, 4) is 0 Å². The Morgan fingerprint density at radius 1 is 1.54 bits per heavy atom. The highest BCUT2D eigenvalue weighted by Crippen LogP contribution is 2.24. The Morgan fingerprint density at radius 2 is 2.15 bits per heavy atom. The molecule has 0 bridgehead atoms. The number of likely N-dealkylation sites (tertiary alicyclic amines) is 1. The standard InChI is InChI=1S/C8H15NOS.C2H6/c1-3-9-7(10)5-4-6-8(9)11-2;1-2/h8H,3-6H2,1-2H3;1-2H3. The average molecular weight is 203 g/mol. The average Bonchev–Trinajstić information content (AvgIpc) is 2.20. The van der Waals surface area contributed by atoms with Gasteiger partial charge in [-0.15, -0.1) is 11.8 Å². The monoisotopic (exact) mass is 203 g/mol. The highest BCUT2D eigenvalue weighted by Gasteiger charge is 2.25. The molecule has 0 aromatic heterocycles. The maximum absolute atomic E-state index is 11.3. The normalized spacial score (nSPS) is 22.3. The molecule has 13 heavy (non-hydrogen) atoms. The van der Waals surface area contributed by atoms with Gasteiger partial charge in [-0.25, -0.2) is 0 Å². The molecule has 0 aromatic carbocycles. The van der Waals surface area contributed by atoms with Gasteiger partial charge in [-0.3, -0.25) is 4.79 Å². The Morgan fingerprint density at radius 3 is 2.54 bits per heavy atom. The minimum absolute atomic E-state index is 0.332. The molecule has 0 aromatic rings. The van der Waals surface area contributed by atoms with Crippen molar-refractivity contribution in [1.82, 2.24) is 4.90 Å². The summed E-state index contributed by atoms with van der Waals surface area (Å²) >= 11 is 1.79. The Bertz CT molecular complexity index is 150. The number of rotatable bonds is 2. The van der Waals surface area contributed by atoms with Gasteiger partial charge >= 0.3 is 0 Å². The molecule has 1 amide bonds. The summed E-state index contributed by atoms with van der Waals surface area (Å²) < 4.78 is 0. The second-order valence-electron chi connectivity index (χ2n) is 2.76. The summed E-state index contributed by atoms with van der Waals surface area (Å²) in [6.45, 7) is 6.91. The molecule has 1 heterocycles. The predicted octanol–water partition coefficient (Wildman–Crippen LogP) is 2.73. The van der Waals surface area contributed by atoms with Gasteiger partial charge in [0.1, 0.15) is 0 Å². The SMILES string of the molecule is CC.CCN1C(=O)CCCC1SC. The molecule has 1 saturated heterocycles. The first-order valence-electron chi connectivity index (χ1n) is 5.12. The van der Waals surface area contributed by atoms with Crippen molar-refractivity contribution >= 4 is 17.7 Å². The van der Waals surface area contributed by atoms with Crippen LogP contribution in [-0.4, -0.2) is 29.0 Å². The van der Waals surface area contributed by atoms with Gasteiger partial charge in [0, 0.05) is 13.0 Å². The quantitative estimate of drug-likeness (QED) is 0.688. The Balaban J connectivity index is 0.000000671. The smallest absolute Gasteiger partial charge is 0.223 e. The summed E-state index contributed by atoms with van der Waals surface area (Å²) in [6.07, 6.45) is 5.07. The minimum atomic E-state index is 0.332. The van der Waals surface area contributed by atoms with Crippen LogP contribution in [0, 0.1) is 0 Å². The van der Waals surface area contributed by atoms with Crippen molar-refractivity contribution in [2.75, 3.05) is 12.8 Å². The van der Waals surface area contributed by atoms with Gasteiger partial charge in [-0.05, 0) is 26.0 Å². The van der Waals surface area contributed by atoms with Crippen molar-refractivity contribution in [1.29, 1.82) is 0 Å². The molecule has 2 nitrogen and oxygen atoms in total. The molecule has 78 valence electrons. The number of hydrogen-bond donors (Lipinski definition) is 0. The van der Waals surface area contributed by atoms with E-state index in [1.165, 1.54) is 6.42 Å².